The number of carbonyl (C=O) groups is 1. The summed E-state index contributed by atoms with van der Waals surface area (Å²) in [7, 11) is 1.55. The van der Waals surface area contributed by atoms with Crippen molar-refractivity contribution < 1.29 is 9.53 Å². The summed E-state index contributed by atoms with van der Waals surface area (Å²) >= 11 is 6.09. The van der Waals surface area contributed by atoms with E-state index in [1.54, 1.807) is 13.2 Å². The number of ether oxygens (including phenoxy) is 1. The molecule has 0 unspecified atom stereocenters. The van der Waals surface area contributed by atoms with Gasteiger partial charge in [-0.1, -0.05) is 11.6 Å². The number of nitrogens with two attached hydrogens (primary N) is 1. The van der Waals surface area contributed by atoms with Gasteiger partial charge in [-0.15, -0.1) is 0 Å². The van der Waals surface area contributed by atoms with Crippen LogP contribution >= 0.6 is 11.6 Å². The van der Waals surface area contributed by atoms with Crippen LogP contribution in [0.4, 0.5) is 0 Å². The van der Waals surface area contributed by atoms with Gasteiger partial charge in [0.2, 0.25) is 0 Å². The Morgan fingerprint density at radius 3 is 2.62 bits per heavy atom. The lowest BCUT2D eigenvalue weighted by atomic mass is 9.99. The molecule has 88 valence electrons. The largest absolute Gasteiger partial charge is 0.495 e. The topological polar surface area (TPSA) is 52.3 Å². The minimum atomic E-state index is 0.0260. The smallest absolute Gasteiger partial charge is 0.164 e. The van der Waals surface area contributed by atoms with Crippen LogP contribution in [0.3, 0.4) is 0 Å². The quantitative estimate of drug-likeness (QED) is 0.824. The van der Waals surface area contributed by atoms with Gasteiger partial charge in [0.1, 0.15) is 5.75 Å². The van der Waals surface area contributed by atoms with Gasteiger partial charge in [-0.3, -0.25) is 4.79 Å². The monoisotopic (exact) mass is 241 g/mol. The Morgan fingerprint density at radius 2 is 2.12 bits per heavy atom. The number of halogens is 1. The van der Waals surface area contributed by atoms with Crippen molar-refractivity contribution in [3.63, 3.8) is 0 Å². The number of Topliss-reactive ketones (excluding diaryl/α,β-unsaturated/α-hetero) is 1. The van der Waals surface area contributed by atoms with Gasteiger partial charge in [0.05, 0.1) is 12.1 Å². The minimum Gasteiger partial charge on any atom is -0.495 e. The first-order valence-corrected chi connectivity index (χ1v) is 5.47. The first kappa shape index (κ1) is 13.0. The lowest BCUT2D eigenvalue weighted by molar-refractivity contribution is 0.0984. The van der Waals surface area contributed by atoms with Gasteiger partial charge in [-0.25, -0.2) is 0 Å². The molecule has 16 heavy (non-hydrogen) atoms. The van der Waals surface area contributed by atoms with Gasteiger partial charge in [0.15, 0.2) is 5.78 Å². The first-order chi connectivity index (χ1) is 7.52. The zero-order chi connectivity index (χ0) is 12.3. The van der Waals surface area contributed by atoms with Crippen molar-refractivity contribution >= 4 is 17.4 Å². The average molecular weight is 242 g/mol. The fraction of sp³-hybridized carbons (Fsp3) is 0.417. The molecule has 0 saturated carbocycles. The van der Waals surface area contributed by atoms with E-state index in [4.69, 9.17) is 22.1 Å². The molecule has 0 aliphatic heterocycles. The maximum absolute atomic E-state index is 11.8. The standard InChI is InChI=1S/C12H16ClNO2/c1-7-6-9(10(15)4-5-14)8(2)12(16-3)11(7)13/h6H,4-5,14H2,1-3H3. The van der Waals surface area contributed by atoms with Crippen molar-refractivity contribution in [1.29, 1.82) is 0 Å². The van der Waals surface area contributed by atoms with Crippen molar-refractivity contribution in [2.24, 2.45) is 5.73 Å². The van der Waals surface area contributed by atoms with Gasteiger partial charge in [-0.2, -0.15) is 0 Å². The molecule has 0 amide bonds. The second-order valence-corrected chi connectivity index (χ2v) is 4.05. The van der Waals surface area contributed by atoms with Crippen molar-refractivity contribution in [2.75, 3.05) is 13.7 Å². The molecular formula is C12H16ClNO2. The Morgan fingerprint density at radius 1 is 1.50 bits per heavy atom. The number of carbonyl (C=O) groups excluding carboxylic acids is 1. The lowest BCUT2D eigenvalue weighted by Crippen LogP contribution is -2.10. The Labute approximate surface area is 101 Å². The Balaban J connectivity index is 3.31. The molecule has 0 bridgehead atoms. The van der Waals surface area contributed by atoms with Crippen LogP contribution in [-0.2, 0) is 0 Å². The first-order valence-electron chi connectivity index (χ1n) is 5.09. The second-order valence-electron chi connectivity index (χ2n) is 3.68. The molecule has 0 aliphatic rings. The molecular weight excluding hydrogens is 226 g/mol. The van der Waals surface area contributed by atoms with Crippen molar-refractivity contribution in [1.82, 2.24) is 0 Å². The second kappa shape index (κ2) is 5.32. The minimum absolute atomic E-state index is 0.0260. The van der Waals surface area contributed by atoms with E-state index in [1.807, 2.05) is 13.8 Å². The fourth-order valence-corrected chi connectivity index (χ4v) is 1.93. The summed E-state index contributed by atoms with van der Waals surface area (Å²) in [6.07, 6.45) is 0.338. The normalized spacial score (nSPS) is 10.3. The van der Waals surface area contributed by atoms with Crippen LogP contribution in [0.25, 0.3) is 0 Å². The van der Waals surface area contributed by atoms with Gasteiger partial charge in [0, 0.05) is 17.5 Å². The SMILES string of the molecule is COc1c(C)c(C(=O)CCN)cc(C)c1Cl. The summed E-state index contributed by atoms with van der Waals surface area (Å²) < 4.78 is 5.21. The molecule has 0 aromatic heterocycles. The summed E-state index contributed by atoms with van der Waals surface area (Å²) in [4.78, 5) is 11.8. The molecule has 4 heteroatoms. The molecule has 0 fully saturated rings. The van der Waals surface area contributed by atoms with Crippen LogP contribution in [0, 0.1) is 13.8 Å². The molecule has 0 radical (unpaired) electrons. The molecule has 1 aromatic rings. The highest BCUT2D eigenvalue weighted by Gasteiger charge is 2.16. The molecule has 0 heterocycles. The van der Waals surface area contributed by atoms with Crippen LogP contribution in [0.15, 0.2) is 6.07 Å². The summed E-state index contributed by atoms with van der Waals surface area (Å²) in [5.41, 5.74) is 7.63. The van der Waals surface area contributed by atoms with E-state index in [-0.39, 0.29) is 5.78 Å². The Bertz CT molecular complexity index is 416. The van der Waals surface area contributed by atoms with Crippen LogP contribution in [0.5, 0.6) is 5.75 Å². The van der Waals surface area contributed by atoms with E-state index in [1.165, 1.54) is 0 Å². The predicted octanol–water partition coefficient (Wildman–Crippen LogP) is 2.50. The molecule has 2 N–H and O–H groups in total. The molecule has 0 saturated heterocycles. The van der Waals surface area contributed by atoms with E-state index in [9.17, 15) is 4.79 Å². The molecule has 1 rings (SSSR count). The van der Waals surface area contributed by atoms with E-state index < -0.39 is 0 Å². The van der Waals surface area contributed by atoms with Gasteiger partial charge >= 0.3 is 0 Å². The van der Waals surface area contributed by atoms with Gasteiger partial charge in [-0.05, 0) is 32.0 Å². The third-order valence-corrected chi connectivity index (χ3v) is 3.00. The Hall–Kier alpha value is -1.06. The molecule has 3 nitrogen and oxygen atoms in total. The third-order valence-electron chi connectivity index (χ3n) is 2.53. The third kappa shape index (κ3) is 2.36. The van der Waals surface area contributed by atoms with Crippen LogP contribution in [-0.4, -0.2) is 19.4 Å². The summed E-state index contributed by atoms with van der Waals surface area (Å²) in [5.74, 6) is 0.597. The summed E-state index contributed by atoms with van der Waals surface area (Å²) in [5, 5.41) is 0.560. The molecule has 0 aliphatic carbocycles. The number of ketones is 1. The number of hydrogen-bond donors (Lipinski definition) is 1. The zero-order valence-electron chi connectivity index (χ0n) is 9.76. The van der Waals surface area contributed by atoms with E-state index in [2.05, 4.69) is 0 Å². The summed E-state index contributed by atoms with van der Waals surface area (Å²) in [6.45, 7) is 4.03. The molecule has 0 atom stereocenters. The van der Waals surface area contributed by atoms with Crippen molar-refractivity contribution in [2.45, 2.75) is 20.3 Å². The number of methoxy groups -OCH3 is 1. The summed E-state index contributed by atoms with van der Waals surface area (Å²) in [6, 6.07) is 1.79. The van der Waals surface area contributed by atoms with E-state index >= 15 is 0 Å². The van der Waals surface area contributed by atoms with E-state index in [0.717, 1.165) is 11.1 Å². The van der Waals surface area contributed by atoms with Crippen molar-refractivity contribution in [3.05, 3.63) is 27.8 Å². The van der Waals surface area contributed by atoms with E-state index in [0.29, 0.717) is 29.3 Å². The highest BCUT2D eigenvalue weighted by molar-refractivity contribution is 6.33. The number of benzene rings is 1. The highest BCUT2D eigenvalue weighted by Crippen LogP contribution is 2.34. The lowest BCUT2D eigenvalue weighted by Gasteiger charge is -2.13. The number of hydrogen-bond acceptors (Lipinski definition) is 3. The maximum Gasteiger partial charge on any atom is 0.164 e. The fourth-order valence-electron chi connectivity index (χ4n) is 1.65. The van der Waals surface area contributed by atoms with Crippen molar-refractivity contribution in [3.8, 4) is 5.75 Å². The van der Waals surface area contributed by atoms with Gasteiger partial charge < -0.3 is 10.5 Å². The maximum atomic E-state index is 11.8. The highest BCUT2D eigenvalue weighted by atomic mass is 35.5. The van der Waals surface area contributed by atoms with Crippen LogP contribution in [0.2, 0.25) is 5.02 Å². The van der Waals surface area contributed by atoms with Crippen LogP contribution < -0.4 is 10.5 Å². The van der Waals surface area contributed by atoms with Crippen LogP contribution in [0.1, 0.15) is 27.9 Å². The average Bonchev–Trinajstić information content (AvgIpc) is 2.24. The number of rotatable bonds is 4. The predicted molar refractivity (Wildman–Crippen MR) is 65.5 cm³/mol. The zero-order valence-corrected chi connectivity index (χ0v) is 10.5. The van der Waals surface area contributed by atoms with Gasteiger partial charge in [0.25, 0.3) is 0 Å². The Kier molecular flexibility index (Phi) is 4.33. The molecule has 1 aromatic carbocycles. The number of aryl methyl sites for hydroxylation is 1. The molecule has 0 spiro atoms.